The molecule has 3 N–H and O–H groups in total. The number of nitrogen functional groups attached to an aromatic ring is 1. The summed E-state index contributed by atoms with van der Waals surface area (Å²) in [5.74, 6) is 1.02. The highest BCUT2D eigenvalue weighted by Crippen LogP contribution is 2.24. The molecular weight excluding hydrogens is 364 g/mol. The van der Waals surface area contributed by atoms with Crippen LogP contribution in [-0.4, -0.2) is 29.0 Å². The van der Waals surface area contributed by atoms with Crippen molar-refractivity contribution in [1.29, 1.82) is 0 Å². The highest BCUT2D eigenvalue weighted by molar-refractivity contribution is 5.94. The first-order valence-electron chi connectivity index (χ1n) is 9.26. The van der Waals surface area contributed by atoms with Crippen molar-refractivity contribution in [1.82, 2.24) is 15.3 Å². The summed E-state index contributed by atoms with van der Waals surface area (Å²) in [4.78, 5) is 20.4. The number of hydrogen-bond acceptors (Lipinski definition) is 5. The molecule has 29 heavy (non-hydrogen) atoms. The van der Waals surface area contributed by atoms with Gasteiger partial charge >= 0.3 is 0 Å². The number of rotatable bonds is 6. The van der Waals surface area contributed by atoms with Crippen LogP contribution >= 0.6 is 0 Å². The summed E-state index contributed by atoms with van der Waals surface area (Å²) in [5.41, 5.74) is 8.61. The van der Waals surface area contributed by atoms with Crippen LogP contribution in [0, 0.1) is 0 Å². The number of anilines is 1. The fourth-order valence-corrected chi connectivity index (χ4v) is 3.05. The van der Waals surface area contributed by atoms with Gasteiger partial charge in [0.15, 0.2) is 0 Å². The van der Waals surface area contributed by atoms with E-state index >= 15 is 0 Å². The van der Waals surface area contributed by atoms with Gasteiger partial charge in [-0.1, -0.05) is 18.2 Å². The van der Waals surface area contributed by atoms with Gasteiger partial charge in [-0.25, -0.2) is 4.98 Å². The van der Waals surface area contributed by atoms with Crippen molar-refractivity contribution in [2.75, 3.05) is 18.9 Å². The van der Waals surface area contributed by atoms with Gasteiger partial charge in [0.2, 0.25) is 0 Å². The second kappa shape index (κ2) is 8.39. The highest BCUT2D eigenvalue weighted by Gasteiger charge is 2.06. The monoisotopic (exact) mass is 384 g/mol. The maximum atomic E-state index is 12.3. The number of aromatic nitrogens is 2. The van der Waals surface area contributed by atoms with E-state index in [9.17, 15) is 4.79 Å². The number of amides is 1. The Kier molecular flexibility index (Phi) is 5.33. The number of hydrogen-bond donors (Lipinski definition) is 2. The number of nitrogens with one attached hydrogen (secondary N) is 1. The minimum absolute atomic E-state index is 0.137. The van der Waals surface area contributed by atoms with E-state index in [1.54, 1.807) is 18.6 Å². The lowest BCUT2D eigenvalue weighted by Gasteiger charge is -2.09. The predicted molar refractivity (Wildman–Crippen MR) is 114 cm³/mol. The first-order valence-corrected chi connectivity index (χ1v) is 9.26. The fraction of sp³-hybridized carbons (Fsp3) is 0.0870. The van der Waals surface area contributed by atoms with Crippen LogP contribution in [0.25, 0.3) is 21.9 Å². The van der Waals surface area contributed by atoms with E-state index in [-0.39, 0.29) is 5.91 Å². The van der Waals surface area contributed by atoms with Gasteiger partial charge in [0.1, 0.15) is 18.2 Å². The molecule has 0 fully saturated rings. The van der Waals surface area contributed by atoms with E-state index in [0.717, 1.165) is 21.9 Å². The third-order valence-corrected chi connectivity index (χ3v) is 4.59. The number of nitrogens with zero attached hydrogens (tertiary/aromatic N) is 2. The largest absolute Gasteiger partial charge is 0.492 e. The Morgan fingerprint density at radius 2 is 1.69 bits per heavy atom. The summed E-state index contributed by atoms with van der Waals surface area (Å²) < 4.78 is 5.73. The minimum atomic E-state index is -0.137. The van der Waals surface area contributed by atoms with Gasteiger partial charge in [-0.3, -0.25) is 9.78 Å². The fourth-order valence-electron chi connectivity index (χ4n) is 3.05. The van der Waals surface area contributed by atoms with Crippen LogP contribution in [0.15, 0.2) is 79.3 Å². The molecule has 0 spiro atoms. The molecule has 0 radical (unpaired) electrons. The molecule has 2 aromatic heterocycles. The number of nitrogens with two attached hydrogens (primary N) is 1. The van der Waals surface area contributed by atoms with Crippen molar-refractivity contribution in [3.8, 4) is 16.9 Å². The molecule has 6 heteroatoms. The van der Waals surface area contributed by atoms with E-state index in [4.69, 9.17) is 10.5 Å². The van der Waals surface area contributed by atoms with Gasteiger partial charge in [0, 0.05) is 29.5 Å². The quantitative estimate of drug-likeness (QED) is 0.495. The minimum Gasteiger partial charge on any atom is -0.492 e. The zero-order valence-corrected chi connectivity index (χ0v) is 15.7. The van der Waals surface area contributed by atoms with Gasteiger partial charge in [-0.15, -0.1) is 0 Å². The average Bonchev–Trinajstić information content (AvgIpc) is 2.78. The summed E-state index contributed by atoms with van der Waals surface area (Å²) >= 11 is 0. The SMILES string of the molecule is Nc1nccc2ccc(OCCNC(=O)c3ccc(-c4ccncc4)cc3)cc12. The predicted octanol–water partition coefficient (Wildman–Crippen LogP) is 3.69. The van der Waals surface area contributed by atoms with Crippen LogP contribution in [0.2, 0.25) is 0 Å². The van der Waals surface area contributed by atoms with E-state index in [1.165, 1.54) is 0 Å². The van der Waals surface area contributed by atoms with Crippen LogP contribution in [0.4, 0.5) is 5.82 Å². The Bertz CT molecular complexity index is 1130. The first kappa shape index (κ1) is 18.4. The molecule has 4 rings (SSSR count). The second-order valence-electron chi connectivity index (χ2n) is 6.50. The summed E-state index contributed by atoms with van der Waals surface area (Å²) in [6, 6.07) is 18.9. The zero-order chi connectivity index (χ0) is 20.1. The zero-order valence-electron chi connectivity index (χ0n) is 15.7. The molecule has 0 saturated heterocycles. The normalized spacial score (nSPS) is 10.6. The molecule has 4 aromatic rings. The van der Waals surface area contributed by atoms with Crippen LogP contribution in [0.1, 0.15) is 10.4 Å². The average molecular weight is 384 g/mol. The third-order valence-electron chi connectivity index (χ3n) is 4.59. The molecule has 144 valence electrons. The highest BCUT2D eigenvalue weighted by atomic mass is 16.5. The molecule has 2 aromatic carbocycles. The van der Waals surface area contributed by atoms with Crippen molar-refractivity contribution in [2.45, 2.75) is 0 Å². The summed E-state index contributed by atoms with van der Waals surface area (Å²) in [5, 5.41) is 4.72. The number of ether oxygens (including phenoxy) is 1. The van der Waals surface area contributed by atoms with Gasteiger partial charge in [0.25, 0.3) is 5.91 Å². The van der Waals surface area contributed by atoms with E-state index in [2.05, 4.69) is 15.3 Å². The van der Waals surface area contributed by atoms with Gasteiger partial charge in [-0.05, 0) is 59.0 Å². The Hall–Kier alpha value is -3.93. The second-order valence-corrected chi connectivity index (χ2v) is 6.50. The van der Waals surface area contributed by atoms with Crippen molar-refractivity contribution in [2.24, 2.45) is 0 Å². The van der Waals surface area contributed by atoms with Crippen LogP contribution in [0.5, 0.6) is 5.75 Å². The molecule has 0 bridgehead atoms. The van der Waals surface area contributed by atoms with Crippen LogP contribution in [0.3, 0.4) is 0 Å². The molecular formula is C23H20N4O2. The van der Waals surface area contributed by atoms with Crippen molar-refractivity contribution >= 4 is 22.5 Å². The Balaban J connectivity index is 1.30. The number of pyridine rings is 2. The molecule has 0 unspecified atom stereocenters. The van der Waals surface area contributed by atoms with E-state index in [0.29, 0.717) is 30.3 Å². The third kappa shape index (κ3) is 4.32. The lowest BCUT2D eigenvalue weighted by Crippen LogP contribution is -2.28. The molecule has 0 atom stereocenters. The summed E-state index contributed by atoms with van der Waals surface area (Å²) in [6.45, 7) is 0.748. The van der Waals surface area contributed by atoms with Gasteiger partial charge < -0.3 is 15.8 Å². The van der Waals surface area contributed by atoms with Crippen LogP contribution in [-0.2, 0) is 0 Å². The van der Waals surface area contributed by atoms with E-state index in [1.807, 2.05) is 60.7 Å². The molecule has 2 heterocycles. The number of fused-ring (bicyclic) bond motifs is 1. The van der Waals surface area contributed by atoms with Crippen LogP contribution < -0.4 is 15.8 Å². The first-order chi connectivity index (χ1) is 14.2. The van der Waals surface area contributed by atoms with Crippen molar-refractivity contribution in [3.63, 3.8) is 0 Å². The molecule has 0 aliphatic rings. The smallest absolute Gasteiger partial charge is 0.251 e. The van der Waals surface area contributed by atoms with Gasteiger partial charge in [0.05, 0.1) is 6.54 Å². The number of carbonyl (C=O) groups is 1. The standard InChI is InChI=1S/C23H20N4O2/c24-22-21-15-20(6-5-18(21)9-12-26-22)29-14-13-27-23(28)19-3-1-16(2-4-19)17-7-10-25-11-8-17/h1-12,15H,13-14H2,(H2,24,26)(H,27,28). The Labute approximate surface area is 168 Å². The molecule has 0 aliphatic carbocycles. The molecule has 6 nitrogen and oxygen atoms in total. The van der Waals surface area contributed by atoms with E-state index < -0.39 is 0 Å². The lowest BCUT2D eigenvalue weighted by atomic mass is 10.1. The topological polar surface area (TPSA) is 90.1 Å². The Morgan fingerprint density at radius 3 is 2.48 bits per heavy atom. The van der Waals surface area contributed by atoms with Crippen molar-refractivity contribution < 1.29 is 9.53 Å². The van der Waals surface area contributed by atoms with Gasteiger partial charge in [-0.2, -0.15) is 0 Å². The molecule has 1 amide bonds. The maximum Gasteiger partial charge on any atom is 0.251 e. The molecule has 0 saturated carbocycles. The number of benzene rings is 2. The molecule has 0 aliphatic heterocycles. The summed E-state index contributed by atoms with van der Waals surface area (Å²) in [6.07, 6.45) is 5.17. The number of carbonyl (C=O) groups excluding carboxylic acids is 1. The maximum absolute atomic E-state index is 12.3. The summed E-state index contributed by atoms with van der Waals surface area (Å²) in [7, 11) is 0. The lowest BCUT2D eigenvalue weighted by molar-refractivity contribution is 0.0947. The van der Waals surface area contributed by atoms with Crippen molar-refractivity contribution in [3.05, 3.63) is 84.8 Å². The Morgan fingerprint density at radius 1 is 0.931 bits per heavy atom.